The number of rotatable bonds is 3. The molecule has 25 heavy (non-hydrogen) atoms. The van der Waals surface area contributed by atoms with Crippen LogP contribution in [0.2, 0.25) is 0 Å². The Labute approximate surface area is 155 Å². The number of hydrogen-bond acceptors (Lipinski definition) is 4. The quantitative estimate of drug-likeness (QED) is 0.792. The van der Waals surface area contributed by atoms with Crippen molar-refractivity contribution in [1.82, 2.24) is 9.88 Å². The molecule has 0 saturated carbocycles. The normalized spacial score (nSPS) is 24.4. The Morgan fingerprint density at radius 1 is 1.28 bits per heavy atom. The molecule has 1 aromatic heterocycles. The highest BCUT2D eigenvalue weighted by molar-refractivity contribution is 7.18. The number of piperidine rings is 1. The van der Waals surface area contributed by atoms with E-state index in [9.17, 15) is 0 Å². The molecule has 4 rings (SSSR count). The predicted molar refractivity (Wildman–Crippen MR) is 108 cm³/mol. The van der Waals surface area contributed by atoms with Gasteiger partial charge in [0.2, 0.25) is 0 Å². The minimum Gasteiger partial charge on any atom is -0.306 e. The van der Waals surface area contributed by atoms with Crippen LogP contribution in [0.15, 0.2) is 23.2 Å². The molecule has 0 aliphatic carbocycles. The van der Waals surface area contributed by atoms with Gasteiger partial charge in [-0.1, -0.05) is 19.9 Å². The molecule has 3 nitrogen and oxygen atoms in total. The van der Waals surface area contributed by atoms with Gasteiger partial charge in [0.1, 0.15) is 0 Å². The van der Waals surface area contributed by atoms with Crippen molar-refractivity contribution in [3.05, 3.63) is 28.8 Å². The van der Waals surface area contributed by atoms with Crippen molar-refractivity contribution in [2.24, 2.45) is 16.3 Å². The van der Waals surface area contributed by atoms with E-state index in [0.29, 0.717) is 5.41 Å². The van der Waals surface area contributed by atoms with Crippen molar-refractivity contribution in [1.29, 1.82) is 0 Å². The largest absolute Gasteiger partial charge is 0.306 e. The second-order valence-electron chi connectivity index (χ2n) is 8.51. The summed E-state index contributed by atoms with van der Waals surface area (Å²) in [6.07, 6.45) is 6.04. The third-order valence-electron chi connectivity index (χ3n) is 6.01. The SMILES string of the molecule is CC1CCC(c2ccc3sc(CC4(C)CCN(C)CC4)nc3c2)=NC1. The summed E-state index contributed by atoms with van der Waals surface area (Å²) in [6, 6.07) is 6.76. The van der Waals surface area contributed by atoms with E-state index in [1.165, 1.54) is 53.3 Å². The molecule has 4 heteroatoms. The zero-order valence-electron chi connectivity index (χ0n) is 15.7. The van der Waals surface area contributed by atoms with Gasteiger partial charge in [0.25, 0.3) is 0 Å². The Hall–Kier alpha value is -1.26. The number of aliphatic imine (C=N–C) groups is 1. The zero-order valence-corrected chi connectivity index (χ0v) is 16.5. The lowest BCUT2D eigenvalue weighted by atomic mass is 9.78. The molecule has 0 amide bonds. The zero-order chi connectivity index (χ0) is 17.4. The third-order valence-corrected chi connectivity index (χ3v) is 7.04. The first-order valence-corrected chi connectivity index (χ1v) is 10.4. The van der Waals surface area contributed by atoms with E-state index in [1.807, 2.05) is 11.3 Å². The van der Waals surface area contributed by atoms with Gasteiger partial charge in [0.15, 0.2) is 0 Å². The van der Waals surface area contributed by atoms with Crippen molar-refractivity contribution < 1.29 is 0 Å². The van der Waals surface area contributed by atoms with E-state index in [0.717, 1.165) is 30.8 Å². The van der Waals surface area contributed by atoms with Crippen molar-refractivity contribution in [2.45, 2.75) is 46.0 Å². The summed E-state index contributed by atoms with van der Waals surface area (Å²) >= 11 is 1.88. The Kier molecular flexibility index (Phi) is 4.67. The molecule has 134 valence electrons. The Balaban J connectivity index is 1.54. The predicted octanol–water partition coefficient (Wildman–Crippen LogP) is 4.79. The molecule has 1 unspecified atom stereocenters. The van der Waals surface area contributed by atoms with E-state index in [2.05, 4.69) is 44.0 Å². The molecule has 1 aromatic carbocycles. The fourth-order valence-electron chi connectivity index (χ4n) is 3.99. The molecule has 1 atom stereocenters. The average Bonchev–Trinajstić information content (AvgIpc) is 2.99. The topological polar surface area (TPSA) is 28.5 Å². The number of nitrogens with zero attached hydrogens (tertiary/aromatic N) is 3. The van der Waals surface area contributed by atoms with Crippen molar-refractivity contribution >= 4 is 27.3 Å². The maximum absolute atomic E-state index is 4.99. The van der Waals surface area contributed by atoms with Crippen LogP contribution in [0.4, 0.5) is 0 Å². The second-order valence-corrected chi connectivity index (χ2v) is 9.63. The van der Waals surface area contributed by atoms with Crippen molar-refractivity contribution in [3.8, 4) is 0 Å². The van der Waals surface area contributed by atoms with Gasteiger partial charge in [-0.15, -0.1) is 11.3 Å². The van der Waals surface area contributed by atoms with Gasteiger partial charge in [-0.25, -0.2) is 4.98 Å². The first kappa shape index (κ1) is 17.2. The average molecular weight is 356 g/mol. The summed E-state index contributed by atoms with van der Waals surface area (Å²) in [5, 5.41) is 1.30. The molecule has 2 aromatic rings. The van der Waals surface area contributed by atoms with Gasteiger partial charge in [-0.3, -0.25) is 4.99 Å². The minimum atomic E-state index is 0.410. The molecule has 2 aliphatic heterocycles. The van der Waals surface area contributed by atoms with Gasteiger partial charge >= 0.3 is 0 Å². The number of likely N-dealkylation sites (tertiary alicyclic amines) is 1. The molecule has 0 bridgehead atoms. The monoisotopic (exact) mass is 355 g/mol. The van der Waals surface area contributed by atoms with Crippen LogP contribution in [0.3, 0.4) is 0 Å². The smallest absolute Gasteiger partial charge is 0.0944 e. The van der Waals surface area contributed by atoms with Gasteiger partial charge in [-0.2, -0.15) is 0 Å². The Bertz CT molecular complexity index is 784. The summed E-state index contributed by atoms with van der Waals surface area (Å²) in [4.78, 5) is 12.2. The minimum absolute atomic E-state index is 0.410. The lowest BCUT2D eigenvalue weighted by molar-refractivity contribution is 0.139. The fourth-order valence-corrected chi connectivity index (χ4v) is 5.15. The molecule has 0 spiro atoms. The van der Waals surface area contributed by atoms with Gasteiger partial charge < -0.3 is 4.90 Å². The van der Waals surface area contributed by atoms with Crippen molar-refractivity contribution in [2.75, 3.05) is 26.7 Å². The Morgan fingerprint density at radius 2 is 2.08 bits per heavy atom. The third kappa shape index (κ3) is 3.80. The van der Waals surface area contributed by atoms with Crippen LogP contribution < -0.4 is 0 Å². The Morgan fingerprint density at radius 3 is 2.80 bits per heavy atom. The van der Waals surface area contributed by atoms with Crippen LogP contribution >= 0.6 is 11.3 Å². The lowest BCUT2D eigenvalue weighted by Crippen LogP contribution is -2.37. The van der Waals surface area contributed by atoms with Gasteiger partial charge in [0, 0.05) is 18.7 Å². The molecule has 1 fully saturated rings. The fraction of sp³-hybridized carbons (Fsp3) is 0.619. The van der Waals surface area contributed by atoms with Crippen LogP contribution in [0.25, 0.3) is 10.2 Å². The van der Waals surface area contributed by atoms with Crippen LogP contribution in [-0.2, 0) is 6.42 Å². The molecule has 3 heterocycles. The summed E-state index contributed by atoms with van der Waals surface area (Å²) in [5.74, 6) is 0.730. The highest BCUT2D eigenvalue weighted by Gasteiger charge is 2.30. The number of aromatic nitrogens is 1. The highest BCUT2D eigenvalue weighted by Crippen LogP contribution is 2.36. The van der Waals surface area contributed by atoms with Crippen LogP contribution in [0.1, 0.15) is 50.1 Å². The van der Waals surface area contributed by atoms with Gasteiger partial charge in [-0.05, 0) is 74.8 Å². The van der Waals surface area contributed by atoms with Gasteiger partial charge in [0.05, 0.1) is 15.2 Å². The number of benzene rings is 1. The van der Waals surface area contributed by atoms with Crippen LogP contribution in [-0.4, -0.2) is 42.3 Å². The first-order chi connectivity index (χ1) is 12.0. The number of fused-ring (bicyclic) bond motifs is 1. The van der Waals surface area contributed by atoms with Crippen LogP contribution in [0.5, 0.6) is 0 Å². The number of hydrogen-bond donors (Lipinski definition) is 0. The summed E-state index contributed by atoms with van der Waals surface area (Å²) in [7, 11) is 2.23. The standard InChI is InChI=1S/C21H29N3S/c1-15-4-6-17(22-14-15)16-5-7-19-18(12-16)23-20(25-19)13-21(2)8-10-24(3)11-9-21/h5,7,12,15H,4,6,8-11,13-14H2,1-3H3. The maximum atomic E-state index is 4.99. The number of thiazole rings is 1. The van der Waals surface area contributed by atoms with Crippen LogP contribution in [0, 0.1) is 11.3 Å². The first-order valence-electron chi connectivity index (χ1n) is 9.62. The molecular weight excluding hydrogens is 326 g/mol. The summed E-state index contributed by atoms with van der Waals surface area (Å²) in [5.41, 5.74) is 4.13. The van der Waals surface area contributed by atoms with E-state index in [-0.39, 0.29) is 0 Å². The van der Waals surface area contributed by atoms with E-state index in [1.54, 1.807) is 0 Å². The lowest BCUT2D eigenvalue weighted by Gasteiger charge is -2.37. The molecule has 0 N–H and O–H groups in total. The second kappa shape index (κ2) is 6.81. The summed E-state index contributed by atoms with van der Waals surface area (Å²) in [6.45, 7) is 8.13. The van der Waals surface area contributed by atoms with E-state index >= 15 is 0 Å². The molecule has 2 aliphatic rings. The van der Waals surface area contributed by atoms with Crippen molar-refractivity contribution in [3.63, 3.8) is 0 Å². The molecule has 0 radical (unpaired) electrons. The molecule has 1 saturated heterocycles. The highest BCUT2D eigenvalue weighted by atomic mass is 32.1. The summed E-state index contributed by atoms with van der Waals surface area (Å²) < 4.78 is 1.32. The van der Waals surface area contributed by atoms with E-state index < -0.39 is 0 Å². The maximum Gasteiger partial charge on any atom is 0.0944 e. The van der Waals surface area contributed by atoms with E-state index in [4.69, 9.17) is 9.98 Å². The molecular formula is C21H29N3S.